The van der Waals surface area contributed by atoms with Crippen molar-refractivity contribution in [1.29, 1.82) is 0 Å². The average Bonchev–Trinajstić information content (AvgIpc) is 3.45. The van der Waals surface area contributed by atoms with E-state index in [-0.39, 0.29) is 24.5 Å². The van der Waals surface area contributed by atoms with Crippen LogP contribution in [-0.4, -0.2) is 68.5 Å². The number of carbonyl (C=O) groups excluding carboxylic acids is 2. The van der Waals surface area contributed by atoms with Gasteiger partial charge in [-0.05, 0) is 48.8 Å². The Kier molecular flexibility index (Phi) is 5.63. The molecule has 4 rings (SSSR count). The number of pyridine rings is 1. The zero-order valence-corrected chi connectivity index (χ0v) is 16.6. The lowest BCUT2D eigenvalue weighted by Gasteiger charge is -2.24. The van der Waals surface area contributed by atoms with Crippen molar-refractivity contribution in [2.75, 3.05) is 26.2 Å². The molecule has 1 saturated heterocycles. The molecule has 2 amide bonds. The molecular formula is C19H23N5O3S. The molecule has 0 spiro atoms. The molecule has 2 aromatic heterocycles. The second-order valence-corrected chi connectivity index (χ2v) is 8.16. The van der Waals surface area contributed by atoms with Gasteiger partial charge in [0.15, 0.2) is 0 Å². The largest absolute Gasteiger partial charge is 0.374 e. The number of nitrogens with zero attached hydrogens (tertiary/aromatic N) is 5. The molecule has 9 heteroatoms. The van der Waals surface area contributed by atoms with E-state index < -0.39 is 0 Å². The molecule has 1 atom stereocenters. The average molecular weight is 401 g/mol. The number of aryl methyl sites for hydroxylation is 1. The molecule has 8 nitrogen and oxygen atoms in total. The minimum atomic E-state index is -0.214. The van der Waals surface area contributed by atoms with Gasteiger partial charge in [-0.15, -0.1) is 5.10 Å². The van der Waals surface area contributed by atoms with Crippen LogP contribution >= 0.6 is 11.5 Å². The topological polar surface area (TPSA) is 88.5 Å². The van der Waals surface area contributed by atoms with Crippen molar-refractivity contribution in [1.82, 2.24) is 24.4 Å². The van der Waals surface area contributed by atoms with Gasteiger partial charge in [0.2, 0.25) is 5.91 Å². The van der Waals surface area contributed by atoms with Crippen molar-refractivity contribution in [3.63, 3.8) is 0 Å². The van der Waals surface area contributed by atoms with Gasteiger partial charge in [0, 0.05) is 38.6 Å². The summed E-state index contributed by atoms with van der Waals surface area (Å²) in [4.78, 5) is 33.8. The van der Waals surface area contributed by atoms with Crippen LogP contribution in [0.5, 0.6) is 0 Å². The molecule has 0 radical (unpaired) electrons. The second kappa shape index (κ2) is 8.32. The van der Waals surface area contributed by atoms with Gasteiger partial charge in [0.1, 0.15) is 11.4 Å². The molecule has 1 aliphatic carbocycles. The Bertz CT molecular complexity index is 839. The fourth-order valence-electron chi connectivity index (χ4n) is 3.23. The van der Waals surface area contributed by atoms with Crippen molar-refractivity contribution in [3.8, 4) is 0 Å². The summed E-state index contributed by atoms with van der Waals surface area (Å²) >= 11 is 1.07. The minimum absolute atomic E-state index is 0.0275. The van der Waals surface area contributed by atoms with Crippen LogP contribution in [0.25, 0.3) is 0 Å². The van der Waals surface area contributed by atoms with Crippen LogP contribution < -0.4 is 0 Å². The molecule has 1 saturated carbocycles. The molecule has 28 heavy (non-hydrogen) atoms. The third kappa shape index (κ3) is 4.53. The van der Waals surface area contributed by atoms with Crippen LogP contribution in [-0.2, 0) is 16.1 Å². The summed E-state index contributed by atoms with van der Waals surface area (Å²) in [5.74, 6) is 0.316. The first-order valence-electron chi connectivity index (χ1n) is 9.46. The number of carbonyl (C=O) groups is 2. The Labute approximate surface area is 167 Å². The highest BCUT2D eigenvalue weighted by Gasteiger charge is 2.33. The first-order chi connectivity index (χ1) is 13.6. The van der Waals surface area contributed by atoms with Gasteiger partial charge in [-0.25, -0.2) is 0 Å². The zero-order chi connectivity index (χ0) is 19.5. The van der Waals surface area contributed by atoms with Crippen molar-refractivity contribution in [2.45, 2.75) is 32.4 Å². The standard InChI is InChI=1S/C19H23N5O3S/c1-13-18(28-22-21-13)19(26)24-10-16(27-12-14-4-5-14)9-23(17(25)11-24)8-15-3-2-6-20-7-15/h2-3,6-7,14,16H,4-5,8-12H2,1H3. The zero-order valence-electron chi connectivity index (χ0n) is 15.8. The van der Waals surface area contributed by atoms with Gasteiger partial charge in [0.05, 0.1) is 11.8 Å². The lowest BCUT2D eigenvalue weighted by Crippen LogP contribution is -2.39. The molecule has 3 heterocycles. The minimum Gasteiger partial charge on any atom is -0.374 e. The normalized spacial score (nSPS) is 20.3. The van der Waals surface area contributed by atoms with E-state index in [0.717, 1.165) is 17.1 Å². The lowest BCUT2D eigenvalue weighted by molar-refractivity contribution is -0.132. The number of ether oxygens (including phenoxy) is 1. The van der Waals surface area contributed by atoms with Gasteiger partial charge in [-0.2, -0.15) is 0 Å². The maximum absolute atomic E-state index is 13.0. The number of aromatic nitrogens is 3. The Balaban J connectivity index is 1.51. The number of hydrogen-bond donors (Lipinski definition) is 0. The summed E-state index contributed by atoms with van der Waals surface area (Å²) in [6.45, 7) is 3.77. The fourth-order valence-corrected chi connectivity index (χ4v) is 3.86. The maximum Gasteiger partial charge on any atom is 0.268 e. The molecule has 2 fully saturated rings. The summed E-state index contributed by atoms with van der Waals surface area (Å²) in [6.07, 6.45) is 5.64. The Hall–Kier alpha value is -2.39. The van der Waals surface area contributed by atoms with Crippen LogP contribution in [0, 0.1) is 12.8 Å². The molecule has 2 aliphatic rings. The molecule has 1 unspecified atom stereocenters. The van der Waals surface area contributed by atoms with Gasteiger partial charge < -0.3 is 14.5 Å². The van der Waals surface area contributed by atoms with Crippen LogP contribution in [0.1, 0.15) is 33.8 Å². The maximum atomic E-state index is 13.0. The summed E-state index contributed by atoms with van der Waals surface area (Å²) in [6, 6.07) is 3.80. The summed E-state index contributed by atoms with van der Waals surface area (Å²) in [7, 11) is 0. The number of rotatable bonds is 6. The lowest BCUT2D eigenvalue weighted by atomic mass is 10.2. The Morgan fingerprint density at radius 2 is 2.21 bits per heavy atom. The summed E-state index contributed by atoms with van der Waals surface area (Å²) in [5.41, 5.74) is 1.55. The van der Waals surface area contributed by atoms with Crippen molar-refractivity contribution in [3.05, 3.63) is 40.7 Å². The van der Waals surface area contributed by atoms with E-state index in [1.54, 1.807) is 29.1 Å². The summed E-state index contributed by atoms with van der Waals surface area (Å²) in [5, 5.41) is 3.92. The molecule has 148 valence electrons. The van der Waals surface area contributed by atoms with Crippen molar-refractivity contribution >= 4 is 23.3 Å². The quantitative estimate of drug-likeness (QED) is 0.729. The molecule has 0 N–H and O–H groups in total. The molecule has 0 bridgehead atoms. The van der Waals surface area contributed by atoms with Gasteiger partial charge >= 0.3 is 0 Å². The summed E-state index contributed by atoms with van der Waals surface area (Å²) < 4.78 is 9.95. The smallest absolute Gasteiger partial charge is 0.268 e. The molecular weight excluding hydrogens is 378 g/mol. The van der Waals surface area contributed by atoms with Crippen molar-refractivity contribution in [2.24, 2.45) is 5.92 Å². The number of hydrogen-bond acceptors (Lipinski definition) is 7. The third-order valence-corrected chi connectivity index (χ3v) is 5.84. The van der Waals surface area contributed by atoms with Gasteiger partial charge in [0.25, 0.3) is 5.91 Å². The first kappa shape index (κ1) is 18.9. The predicted octanol–water partition coefficient (Wildman–Crippen LogP) is 1.52. The van der Waals surface area contributed by atoms with E-state index in [1.165, 1.54) is 12.8 Å². The van der Waals surface area contributed by atoms with E-state index in [4.69, 9.17) is 4.74 Å². The molecule has 0 aromatic carbocycles. The molecule has 2 aromatic rings. The predicted molar refractivity (Wildman–Crippen MR) is 103 cm³/mol. The Morgan fingerprint density at radius 3 is 2.89 bits per heavy atom. The SMILES string of the molecule is Cc1nnsc1C(=O)N1CC(=O)N(Cc2cccnc2)CC(OCC2CC2)C1. The Morgan fingerprint density at radius 1 is 1.36 bits per heavy atom. The van der Waals surface area contributed by atoms with Crippen LogP contribution in [0.2, 0.25) is 0 Å². The first-order valence-corrected chi connectivity index (χ1v) is 10.2. The third-order valence-electron chi connectivity index (χ3n) is 5.02. The van der Waals surface area contributed by atoms with Gasteiger partial charge in [-0.3, -0.25) is 14.6 Å². The highest BCUT2D eigenvalue weighted by Crippen LogP contribution is 2.29. The fraction of sp³-hybridized carbons (Fsp3) is 0.526. The van der Waals surface area contributed by atoms with E-state index in [1.807, 2.05) is 12.1 Å². The highest BCUT2D eigenvalue weighted by molar-refractivity contribution is 7.07. The molecule has 1 aliphatic heterocycles. The highest BCUT2D eigenvalue weighted by atomic mass is 32.1. The second-order valence-electron chi connectivity index (χ2n) is 7.41. The van der Waals surface area contributed by atoms with Crippen LogP contribution in [0.4, 0.5) is 0 Å². The van der Waals surface area contributed by atoms with Crippen molar-refractivity contribution < 1.29 is 14.3 Å². The monoisotopic (exact) mass is 401 g/mol. The van der Waals surface area contributed by atoms with E-state index >= 15 is 0 Å². The van der Waals surface area contributed by atoms with Crippen LogP contribution in [0.3, 0.4) is 0 Å². The van der Waals surface area contributed by atoms with E-state index in [0.29, 0.717) is 42.7 Å². The van der Waals surface area contributed by atoms with E-state index in [9.17, 15) is 9.59 Å². The van der Waals surface area contributed by atoms with E-state index in [2.05, 4.69) is 14.6 Å². The van der Waals surface area contributed by atoms with Crippen LogP contribution in [0.15, 0.2) is 24.5 Å². The number of amides is 2. The van der Waals surface area contributed by atoms with Gasteiger partial charge in [-0.1, -0.05) is 10.6 Å².